The molecule has 1 saturated heterocycles. The molecule has 1 N–H and O–H groups in total. The molecule has 0 aliphatic carbocycles. The van der Waals surface area contributed by atoms with Gasteiger partial charge in [0.2, 0.25) is 5.56 Å². The third kappa shape index (κ3) is 4.86. The number of nitrogens with one attached hydrogen (secondary N) is 1. The highest BCUT2D eigenvalue weighted by molar-refractivity contribution is 5.89. The number of halogens is 1. The molecule has 9 heteroatoms. The standard InChI is InChI=1S/C30H25FN4O4/c1-19(20-5-9-23(31)10-6-20)35-27-15-21(22-8-12-29(36)32-17-22)7-11-26(27)33-28(35)18-39-25-4-2-3-24(16-25)34-13-14-38-30(34)37/h2-12,15-17,19H,13-14,18H2,1H3,(H,32,36)/t19-/m0/s1. The summed E-state index contributed by atoms with van der Waals surface area (Å²) in [5, 5.41) is 0. The molecule has 1 fully saturated rings. The van der Waals surface area contributed by atoms with Crippen molar-refractivity contribution in [2.24, 2.45) is 0 Å². The van der Waals surface area contributed by atoms with Crippen molar-refractivity contribution in [3.63, 3.8) is 0 Å². The molecular weight excluding hydrogens is 499 g/mol. The van der Waals surface area contributed by atoms with Gasteiger partial charge in [0.15, 0.2) is 0 Å². The summed E-state index contributed by atoms with van der Waals surface area (Å²) < 4.78 is 27.0. The lowest BCUT2D eigenvalue weighted by molar-refractivity contribution is 0.181. The van der Waals surface area contributed by atoms with Gasteiger partial charge in [-0.05, 0) is 66.1 Å². The minimum absolute atomic E-state index is 0.167. The van der Waals surface area contributed by atoms with Crippen molar-refractivity contribution < 1.29 is 18.7 Å². The summed E-state index contributed by atoms with van der Waals surface area (Å²) in [4.78, 5) is 32.7. The molecule has 6 rings (SSSR count). The normalized spacial score (nSPS) is 14.0. The SMILES string of the molecule is C[C@@H](c1ccc(F)cc1)n1c(COc2cccc(N3CCOC3=O)c2)nc2ccc(-c3ccc(=O)[nH]c3)cc21. The van der Waals surface area contributed by atoms with Crippen LogP contribution in [0.25, 0.3) is 22.2 Å². The van der Waals surface area contributed by atoms with Crippen molar-refractivity contribution in [2.45, 2.75) is 19.6 Å². The van der Waals surface area contributed by atoms with Gasteiger partial charge < -0.3 is 19.0 Å². The van der Waals surface area contributed by atoms with E-state index in [4.69, 9.17) is 14.5 Å². The number of carbonyl (C=O) groups excluding carboxylic acids is 1. The van der Waals surface area contributed by atoms with Gasteiger partial charge in [-0.1, -0.05) is 24.3 Å². The molecule has 8 nitrogen and oxygen atoms in total. The lowest BCUT2D eigenvalue weighted by Crippen LogP contribution is -2.23. The zero-order valence-electron chi connectivity index (χ0n) is 21.1. The van der Waals surface area contributed by atoms with Crippen LogP contribution in [0.3, 0.4) is 0 Å². The first-order chi connectivity index (χ1) is 19.0. The van der Waals surface area contributed by atoms with Crippen molar-refractivity contribution in [1.82, 2.24) is 14.5 Å². The van der Waals surface area contributed by atoms with Crippen LogP contribution in [0.2, 0.25) is 0 Å². The van der Waals surface area contributed by atoms with Crippen molar-refractivity contribution in [2.75, 3.05) is 18.1 Å². The van der Waals surface area contributed by atoms with Crippen LogP contribution in [0.15, 0.2) is 89.9 Å². The first kappa shape index (κ1) is 24.4. The van der Waals surface area contributed by atoms with E-state index in [0.29, 0.717) is 30.4 Å². The number of hydrogen-bond acceptors (Lipinski definition) is 5. The number of aromatic amines is 1. The van der Waals surface area contributed by atoms with Crippen LogP contribution in [-0.2, 0) is 11.3 Å². The Bertz CT molecular complexity index is 1710. The Kier molecular flexibility index (Phi) is 6.32. The van der Waals surface area contributed by atoms with Gasteiger partial charge in [0, 0.05) is 18.3 Å². The zero-order valence-corrected chi connectivity index (χ0v) is 21.1. The summed E-state index contributed by atoms with van der Waals surface area (Å²) in [6.07, 6.45) is 1.31. The molecule has 0 radical (unpaired) electrons. The summed E-state index contributed by atoms with van der Waals surface area (Å²) in [6, 6.07) is 22.7. The average Bonchev–Trinajstić information content (AvgIpc) is 3.55. The number of nitrogens with zero attached hydrogens (tertiary/aromatic N) is 3. The maximum Gasteiger partial charge on any atom is 0.414 e. The van der Waals surface area contributed by atoms with Gasteiger partial charge in [-0.15, -0.1) is 0 Å². The average molecular weight is 525 g/mol. The summed E-state index contributed by atoms with van der Waals surface area (Å²) in [5.74, 6) is 0.979. The number of fused-ring (bicyclic) bond motifs is 1. The number of rotatable bonds is 7. The van der Waals surface area contributed by atoms with Crippen LogP contribution >= 0.6 is 0 Å². The van der Waals surface area contributed by atoms with Crippen LogP contribution in [0, 0.1) is 5.82 Å². The minimum atomic E-state index is -0.375. The first-order valence-electron chi connectivity index (χ1n) is 12.6. The predicted octanol–water partition coefficient (Wildman–Crippen LogP) is 5.68. The van der Waals surface area contributed by atoms with Gasteiger partial charge in [-0.3, -0.25) is 9.69 Å². The van der Waals surface area contributed by atoms with Gasteiger partial charge in [0.25, 0.3) is 0 Å². The van der Waals surface area contributed by atoms with E-state index in [1.165, 1.54) is 18.2 Å². The third-order valence-corrected chi connectivity index (χ3v) is 6.88. The smallest absolute Gasteiger partial charge is 0.414 e. The number of benzene rings is 3. The van der Waals surface area contributed by atoms with Gasteiger partial charge in [0.1, 0.15) is 30.6 Å². The number of H-pyrrole nitrogens is 1. The first-order valence-corrected chi connectivity index (χ1v) is 12.6. The van der Waals surface area contributed by atoms with Crippen molar-refractivity contribution >= 4 is 22.8 Å². The summed E-state index contributed by atoms with van der Waals surface area (Å²) in [5.41, 5.74) is 4.90. The Labute approximate surface area is 223 Å². The molecule has 3 heterocycles. The Morgan fingerprint density at radius 1 is 1.03 bits per heavy atom. The number of amides is 1. The highest BCUT2D eigenvalue weighted by atomic mass is 19.1. The van der Waals surface area contributed by atoms with E-state index < -0.39 is 0 Å². The van der Waals surface area contributed by atoms with Crippen LogP contribution < -0.4 is 15.2 Å². The van der Waals surface area contributed by atoms with Crippen LogP contribution in [-0.4, -0.2) is 33.8 Å². The zero-order chi connectivity index (χ0) is 26.9. The van der Waals surface area contributed by atoms with Crippen molar-refractivity contribution in [3.8, 4) is 16.9 Å². The highest BCUT2D eigenvalue weighted by Crippen LogP contribution is 2.31. The minimum Gasteiger partial charge on any atom is -0.486 e. The number of pyridine rings is 1. The predicted molar refractivity (Wildman–Crippen MR) is 145 cm³/mol. The second-order valence-corrected chi connectivity index (χ2v) is 9.32. The molecule has 0 bridgehead atoms. The molecule has 0 spiro atoms. The molecule has 5 aromatic rings. The fraction of sp³-hybridized carbons (Fsp3) is 0.167. The number of aromatic nitrogens is 3. The molecule has 1 atom stereocenters. The number of hydrogen-bond donors (Lipinski definition) is 1. The highest BCUT2D eigenvalue weighted by Gasteiger charge is 2.24. The van der Waals surface area contributed by atoms with Crippen LogP contribution in [0.5, 0.6) is 5.75 Å². The topological polar surface area (TPSA) is 89.4 Å². The van der Waals surface area contributed by atoms with Gasteiger partial charge >= 0.3 is 6.09 Å². The van der Waals surface area contributed by atoms with Crippen molar-refractivity contribution in [1.29, 1.82) is 0 Å². The number of anilines is 1. The summed E-state index contributed by atoms with van der Waals surface area (Å²) >= 11 is 0. The number of cyclic esters (lactones) is 1. The number of carbonyl (C=O) groups is 1. The Morgan fingerprint density at radius 3 is 2.59 bits per heavy atom. The second-order valence-electron chi connectivity index (χ2n) is 9.32. The number of imidazole rings is 1. The second kappa shape index (κ2) is 10.1. The fourth-order valence-corrected chi connectivity index (χ4v) is 4.85. The molecule has 1 aliphatic heterocycles. The van der Waals surface area contributed by atoms with Crippen LogP contribution in [0.1, 0.15) is 24.4 Å². The van der Waals surface area contributed by atoms with E-state index >= 15 is 0 Å². The van der Waals surface area contributed by atoms with Crippen LogP contribution in [0.4, 0.5) is 14.9 Å². The molecule has 1 aliphatic rings. The largest absolute Gasteiger partial charge is 0.486 e. The Morgan fingerprint density at radius 2 is 1.85 bits per heavy atom. The molecule has 0 saturated carbocycles. The molecule has 3 aromatic carbocycles. The quantitative estimate of drug-likeness (QED) is 0.296. The maximum absolute atomic E-state index is 13.7. The maximum atomic E-state index is 13.7. The van der Waals surface area contributed by atoms with E-state index in [9.17, 15) is 14.0 Å². The van der Waals surface area contributed by atoms with E-state index in [-0.39, 0.29) is 30.1 Å². The number of ether oxygens (including phenoxy) is 2. The molecule has 2 aromatic heterocycles. The Hall–Kier alpha value is -4.92. The monoisotopic (exact) mass is 524 g/mol. The van der Waals surface area contributed by atoms with E-state index in [2.05, 4.69) is 9.55 Å². The van der Waals surface area contributed by atoms with Gasteiger partial charge in [-0.25, -0.2) is 14.2 Å². The third-order valence-electron chi connectivity index (χ3n) is 6.88. The molecule has 39 heavy (non-hydrogen) atoms. The molecular formula is C30H25FN4O4. The molecule has 1 amide bonds. The lowest BCUT2D eigenvalue weighted by Gasteiger charge is -2.19. The molecule has 0 unspecified atom stereocenters. The van der Waals surface area contributed by atoms with E-state index in [0.717, 1.165) is 27.7 Å². The summed E-state index contributed by atoms with van der Waals surface area (Å²) in [6.45, 7) is 3.05. The lowest BCUT2D eigenvalue weighted by atomic mass is 10.1. The van der Waals surface area contributed by atoms with Gasteiger partial charge in [0.05, 0.1) is 29.3 Å². The molecule has 196 valence electrons. The van der Waals surface area contributed by atoms with E-state index in [1.54, 1.807) is 35.4 Å². The summed E-state index contributed by atoms with van der Waals surface area (Å²) in [7, 11) is 0. The Balaban J connectivity index is 1.38. The van der Waals surface area contributed by atoms with E-state index in [1.807, 2.05) is 43.3 Å². The van der Waals surface area contributed by atoms with Gasteiger partial charge in [-0.2, -0.15) is 0 Å². The van der Waals surface area contributed by atoms with Crippen molar-refractivity contribution in [3.05, 3.63) is 113 Å². The fourth-order valence-electron chi connectivity index (χ4n) is 4.85.